The molecule has 1 aliphatic rings. The molecule has 0 aromatic heterocycles. The molecule has 2 amide bonds. The molecule has 7 nitrogen and oxygen atoms in total. The molecular formula is C22H24N2O5. The molecule has 0 aliphatic carbocycles. The molecule has 7 heteroatoms. The van der Waals surface area contributed by atoms with Crippen molar-refractivity contribution in [3.05, 3.63) is 77.0 Å². The van der Waals surface area contributed by atoms with Gasteiger partial charge in [-0.15, -0.1) is 0 Å². The van der Waals surface area contributed by atoms with Crippen LogP contribution in [0.1, 0.15) is 24.1 Å². The lowest BCUT2D eigenvalue weighted by atomic mass is 9.95. The lowest BCUT2D eigenvalue weighted by Gasteiger charge is -2.28. The normalized spacial score (nSPS) is 16.1. The number of esters is 1. The van der Waals surface area contributed by atoms with Crippen molar-refractivity contribution < 1.29 is 23.8 Å². The Balaban J connectivity index is 1.80. The van der Waals surface area contributed by atoms with E-state index in [9.17, 15) is 9.59 Å². The summed E-state index contributed by atoms with van der Waals surface area (Å²) in [5.41, 5.74) is 2.58. The summed E-state index contributed by atoms with van der Waals surface area (Å²) in [4.78, 5) is 24.6. The van der Waals surface area contributed by atoms with Crippen LogP contribution in [0.25, 0.3) is 0 Å². The topological polar surface area (TPSA) is 85.9 Å². The number of allylic oxidation sites excluding steroid dienone is 1. The molecule has 3 rings (SSSR count). The van der Waals surface area contributed by atoms with Crippen LogP contribution >= 0.6 is 0 Å². The van der Waals surface area contributed by atoms with Crippen molar-refractivity contribution in [1.82, 2.24) is 10.6 Å². The lowest BCUT2D eigenvalue weighted by molar-refractivity contribution is -0.140. The van der Waals surface area contributed by atoms with Gasteiger partial charge in [0.1, 0.15) is 19.0 Å². The molecule has 0 fully saturated rings. The molecular weight excluding hydrogens is 372 g/mol. The van der Waals surface area contributed by atoms with Crippen molar-refractivity contribution in [3.63, 3.8) is 0 Å². The monoisotopic (exact) mass is 396 g/mol. The van der Waals surface area contributed by atoms with Crippen molar-refractivity contribution in [2.45, 2.75) is 19.6 Å². The zero-order valence-electron chi connectivity index (χ0n) is 16.4. The van der Waals surface area contributed by atoms with Crippen LogP contribution in [0.2, 0.25) is 0 Å². The fourth-order valence-corrected chi connectivity index (χ4v) is 3.03. The van der Waals surface area contributed by atoms with Crippen molar-refractivity contribution >= 4 is 12.0 Å². The number of rotatable bonds is 8. The molecule has 1 heterocycles. The summed E-state index contributed by atoms with van der Waals surface area (Å²) in [5, 5.41) is 5.42. The molecule has 2 N–H and O–H groups in total. The van der Waals surface area contributed by atoms with E-state index in [0.29, 0.717) is 30.2 Å². The molecule has 2 aromatic rings. The predicted octanol–water partition coefficient (Wildman–Crippen LogP) is 3.08. The van der Waals surface area contributed by atoms with Crippen molar-refractivity contribution in [2.24, 2.45) is 0 Å². The van der Waals surface area contributed by atoms with Gasteiger partial charge in [0.25, 0.3) is 0 Å². The average molecular weight is 396 g/mol. The Kier molecular flexibility index (Phi) is 6.86. The van der Waals surface area contributed by atoms with Crippen LogP contribution in [0, 0.1) is 0 Å². The van der Waals surface area contributed by atoms with Crippen molar-refractivity contribution in [1.29, 1.82) is 0 Å². The second kappa shape index (κ2) is 9.75. The minimum absolute atomic E-state index is 0.132. The maximum atomic E-state index is 12.6. The largest absolute Gasteiger partial charge is 0.489 e. The summed E-state index contributed by atoms with van der Waals surface area (Å²) >= 11 is 0. The van der Waals surface area contributed by atoms with Gasteiger partial charge in [-0.05, 0) is 30.2 Å². The molecule has 2 aromatic carbocycles. The second-order valence-corrected chi connectivity index (χ2v) is 6.55. The first-order valence-corrected chi connectivity index (χ1v) is 9.29. The molecule has 0 radical (unpaired) electrons. The van der Waals surface area contributed by atoms with Gasteiger partial charge in [-0.3, -0.25) is 0 Å². The van der Waals surface area contributed by atoms with E-state index in [1.54, 1.807) is 6.92 Å². The van der Waals surface area contributed by atoms with Crippen LogP contribution in [-0.2, 0) is 20.9 Å². The number of hydrogen-bond acceptors (Lipinski definition) is 5. The number of ether oxygens (including phenoxy) is 3. The number of benzene rings is 2. The van der Waals surface area contributed by atoms with E-state index in [-0.39, 0.29) is 12.6 Å². The van der Waals surface area contributed by atoms with Crippen LogP contribution < -0.4 is 15.4 Å². The fraction of sp³-hybridized carbons (Fsp3) is 0.273. The summed E-state index contributed by atoms with van der Waals surface area (Å²) in [7, 11) is 1.53. The van der Waals surface area contributed by atoms with Gasteiger partial charge < -0.3 is 24.8 Å². The van der Waals surface area contributed by atoms with Crippen LogP contribution in [0.15, 0.2) is 65.9 Å². The number of nitrogens with one attached hydrogen (secondary N) is 2. The minimum Gasteiger partial charge on any atom is -0.489 e. The SMILES string of the molecule is COCCOC(=O)C1=C(C)NC(=O)N[C@H]1c1cccc(OCc2ccccc2)c1. The van der Waals surface area contributed by atoms with E-state index < -0.39 is 12.0 Å². The van der Waals surface area contributed by atoms with Crippen molar-refractivity contribution in [3.8, 4) is 5.75 Å². The van der Waals surface area contributed by atoms with Crippen LogP contribution in [0.5, 0.6) is 5.75 Å². The van der Waals surface area contributed by atoms with Gasteiger partial charge in [0.05, 0.1) is 18.2 Å². The molecule has 0 unspecified atom stereocenters. The Bertz CT molecular complexity index is 895. The second-order valence-electron chi connectivity index (χ2n) is 6.55. The molecule has 0 bridgehead atoms. The number of methoxy groups -OCH3 is 1. The molecule has 1 aliphatic heterocycles. The molecule has 0 saturated carbocycles. The predicted molar refractivity (Wildman–Crippen MR) is 107 cm³/mol. The maximum absolute atomic E-state index is 12.6. The molecule has 1 atom stereocenters. The van der Waals surface area contributed by atoms with Gasteiger partial charge in [0, 0.05) is 12.8 Å². The minimum atomic E-state index is -0.640. The van der Waals surface area contributed by atoms with Crippen LogP contribution in [-0.4, -0.2) is 32.3 Å². The average Bonchev–Trinajstić information content (AvgIpc) is 2.73. The van der Waals surface area contributed by atoms with Gasteiger partial charge in [-0.1, -0.05) is 42.5 Å². The number of carbonyl (C=O) groups excluding carboxylic acids is 2. The highest BCUT2D eigenvalue weighted by Gasteiger charge is 2.32. The molecule has 152 valence electrons. The van der Waals surface area contributed by atoms with E-state index in [1.165, 1.54) is 7.11 Å². The Hall–Kier alpha value is -3.32. The Morgan fingerprint density at radius 2 is 1.86 bits per heavy atom. The first-order chi connectivity index (χ1) is 14.1. The zero-order chi connectivity index (χ0) is 20.6. The molecule has 29 heavy (non-hydrogen) atoms. The summed E-state index contributed by atoms with van der Waals surface area (Å²) in [6.07, 6.45) is 0. The maximum Gasteiger partial charge on any atom is 0.338 e. The molecule has 0 spiro atoms. The third-order valence-electron chi connectivity index (χ3n) is 4.45. The van der Waals surface area contributed by atoms with E-state index in [1.807, 2.05) is 54.6 Å². The summed E-state index contributed by atoms with van der Waals surface area (Å²) < 4.78 is 16.1. The first kappa shape index (κ1) is 20.4. The number of urea groups is 1. The molecule has 0 saturated heterocycles. The van der Waals surface area contributed by atoms with Crippen LogP contribution in [0.3, 0.4) is 0 Å². The highest BCUT2D eigenvalue weighted by Crippen LogP contribution is 2.29. The highest BCUT2D eigenvalue weighted by molar-refractivity contribution is 5.95. The summed E-state index contributed by atoms with van der Waals surface area (Å²) in [6, 6.07) is 16.1. The number of hydrogen-bond donors (Lipinski definition) is 2. The van der Waals surface area contributed by atoms with Crippen molar-refractivity contribution in [2.75, 3.05) is 20.3 Å². The van der Waals surface area contributed by atoms with Gasteiger partial charge in [-0.25, -0.2) is 9.59 Å². The Morgan fingerprint density at radius 1 is 1.07 bits per heavy atom. The van der Waals surface area contributed by atoms with E-state index in [0.717, 1.165) is 11.1 Å². The van der Waals surface area contributed by atoms with Gasteiger partial charge >= 0.3 is 12.0 Å². The Labute approximate surface area is 169 Å². The number of amides is 2. The third kappa shape index (κ3) is 5.36. The quantitative estimate of drug-likeness (QED) is 0.529. The van der Waals surface area contributed by atoms with E-state index in [4.69, 9.17) is 14.2 Å². The highest BCUT2D eigenvalue weighted by atomic mass is 16.6. The standard InChI is InChI=1S/C22H24N2O5/c1-15-19(21(25)28-12-11-27-2)20(24-22(26)23-15)17-9-6-10-18(13-17)29-14-16-7-4-3-5-8-16/h3-10,13,20H,11-12,14H2,1-2H3,(H2,23,24,26)/t20-/m0/s1. The summed E-state index contributed by atoms with van der Waals surface area (Å²) in [5.74, 6) is 0.136. The lowest BCUT2D eigenvalue weighted by Crippen LogP contribution is -2.45. The number of carbonyl (C=O) groups is 2. The van der Waals surface area contributed by atoms with Gasteiger partial charge in [0.15, 0.2) is 0 Å². The van der Waals surface area contributed by atoms with Gasteiger partial charge in [0.2, 0.25) is 0 Å². The third-order valence-corrected chi connectivity index (χ3v) is 4.45. The zero-order valence-corrected chi connectivity index (χ0v) is 16.4. The summed E-state index contributed by atoms with van der Waals surface area (Å²) in [6.45, 7) is 2.52. The Morgan fingerprint density at radius 3 is 2.62 bits per heavy atom. The fourth-order valence-electron chi connectivity index (χ4n) is 3.03. The van der Waals surface area contributed by atoms with E-state index >= 15 is 0 Å². The van der Waals surface area contributed by atoms with Crippen LogP contribution in [0.4, 0.5) is 4.79 Å². The van der Waals surface area contributed by atoms with Gasteiger partial charge in [-0.2, -0.15) is 0 Å². The smallest absolute Gasteiger partial charge is 0.338 e. The van der Waals surface area contributed by atoms with E-state index in [2.05, 4.69) is 10.6 Å². The first-order valence-electron chi connectivity index (χ1n) is 9.29.